The Hall–Kier alpha value is -2.95. The zero-order valence-electron chi connectivity index (χ0n) is 12.5. The fourth-order valence-corrected chi connectivity index (χ4v) is 2.87. The smallest absolute Gasteiger partial charge is 0.277 e. The minimum Gasteiger partial charge on any atom is -0.355 e. The molecule has 0 saturated carbocycles. The number of benzene rings is 1. The molecule has 0 bridgehead atoms. The largest absolute Gasteiger partial charge is 0.355 e. The van der Waals surface area contributed by atoms with Crippen molar-refractivity contribution in [3.63, 3.8) is 0 Å². The third kappa shape index (κ3) is 2.73. The molecule has 1 aliphatic carbocycles. The van der Waals surface area contributed by atoms with Crippen molar-refractivity contribution in [1.29, 1.82) is 0 Å². The first kappa shape index (κ1) is 13.7. The maximum Gasteiger partial charge on any atom is 0.277 e. The van der Waals surface area contributed by atoms with Gasteiger partial charge < -0.3 is 9.84 Å². The maximum atomic E-state index is 12.3. The third-order valence-electron chi connectivity index (χ3n) is 4.05. The monoisotopic (exact) mass is 305 g/mol. The molecule has 23 heavy (non-hydrogen) atoms. The van der Waals surface area contributed by atoms with E-state index in [2.05, 4.69) is 21.5 Å². The standard InChI is InChI=1S/C18H15N3O2/c22-18(20-15-7-6-12-3-1-4-13(12)9-15)16-10-17(23-21-16)14-5-2-8-19-11-14/h2,5-11H,1,3-4H2,(H,20,22). The molecule has 5 nitrogen and oxygen atoms in total. The number of amides is 1. The Bertz CT molecular complexity index is 856. The summed E-state index contributed by atoms with van der Waals surface area (Å²) >= 11 is 0. The second-order valence-electron chi connectivity index (χ2n) is 5.61. The molecule has 114 valence electrons. The van der Waals surface area contributed by atoms with Crippen molar-refractivity contribution in [3.8, 4) is 11.3 Å². The maximum absolute atomic E-state index is 12.3. The Morgan fingerprint density at radius 3 is 2.91 bits per heavy atom. The van der Waals surface area contributed by atoms with E-state index >= 15 is 0 Å². The van der Waals surface area contributed by atoms with Gasteiger partial charge in [0, 0.05) is 29.7 Å². The van der Waals surface area contributed by atoms with Crippen molar-refractivity contribution >= 4 is 11.6 Å². The van der Waals surface area contributed by atoms with Gasteiger partial charge in [-0.05, 0) is 54.7 Å². The van der Waals surface area contributed by atoms with Crippen molar-refractivity contribution in [3.05, 3.63) is 65.6 Å². The van der Waals surface area contributed by atoms with Gasteiger partial charge in [0.25, 0.3) is 5.91 Å². The molecular weight excluding hydrogens is 290 g/mol. The summed E-state index contributed by atoms with van der Waals surface area (Å²) in [5.41, 5.74) is 4.53. The number of nitrogens with zero attached hydrogens (tertiary/aromatic N) is 2. The van der Waals surface area contributed by atoms with Crippen LogP contribution in [0.25, 0.3) is 11.3 Å². The van der Waals surface area contributed by atoms with E-state index in [1.54, 1.807) is 18.5 Å². The van der Waals surface area contributed by atoms with Gasteiger partial charge in [0.2, 0.25) is 0 Å². The molecule has 0 saturated heterocycles. The van der Waals surface area contributed by atoms with Crippen LogP contribution in [0.5, 0.6) is 0 Å². The van der Waals surface area contributed by atoms with Gasteiger partial charge in [0.1, 0.15) is 0 Å². The van der Waals surface area contributed by atoms with Gasteiger partial charge in [-0.3, -0.25) is 9.78 Å². The minimum absolute atomic E-state index is 0.254. The first-order valence-electron chi connectivity index (χ1n) is 7.60. The fourth-order valence-electron chi connectivity index (χ4n) is 2.87. The average molecular weight is 305 g/mol. The lowest BCUT2D eigenvalue weighted by molar-refractivity contribution is 0.101. The van der Waals surface area contributed by atoms with Crippen LogP contribution in [0.4, 0.5) is 5.69 Å². The molecule has 0 spiro atoms. The van der Waals surface area contributed by atoms with Gasteiger partial charge in [-0.25, -0.2) is 0 Å². The quantitative estimate of drug-likeness (QED) is 0.804. The van der Waals surface area contributed by atoms with Crippen LogP contribution in [0.15, 0.2) is 53.3 Å². The van der Waals surface area contributed by atoms with Gasteiger partial charge >= 0.3 is 0 Å². The highest BCUT2D eigenvalue weighted by molar-refractivity contribution is 6.03. The molecule has 0 atom stereocenters. The molecule has 2 aromatic heterocycles. The number of pyridine rings is 1. The normalized spacial score (nSPS) is 12.9. The van der Waals surface area contributed by atoms with E-state index in [1.807, 2.05) is 24.3 Å². The highest BCUT2D eigenvalue weighted by Gasteiger charge is 2.16. The molecule has 0 radical (unpaired) electrons. The Labute approximate surface area is 133 Å². The zero-order valence-corrected chi connectivity index (χ0v) is 12.5. The third-order valence-corrected chi connectivity index (χ3v) is 4.05. The van der Waals surface area contributed by atoms with E-state index < -0.39 is 0 Å². The Balaban J connectivity index is 1.52. The van der Waals surface area contributed by atoms with Crippen LogP contribution in [0, 0.1) is 0 Å². The van der Waals surface area contributed by atoms with E-state index in [0.29, 0.717) is 5.76 Å². The number of rotatable bonds is 3. The van der Waals surface area contributed by atoms with Crippen molar-refractivity contribution in [2.75, 3.05) is 5.32 Å². The van der Waals surface area contributed by atoms with Crippen LogP contribution >= 0.6 is 0 Å². The van der Waals surface area contributed by atoms with Gasteiger partial charge in [-0.15, -0.1) is 0 Å². The lowest BCUT2D eigenvalue weighted by atomic mass is 10.1. The number of carbonyl (C=O) groups is 1. The zero-order chi connectivity index (χ0) is 15.6. The SMILES string of the molecule is O=C(Nc1ccc2c(c1)CCC2)c1cc(-c2cccnc2)on1. The Morgan fingerprint density at radius 2 is 2.04 bits per heavy atom. The number of aromatic nitrogens is 2. The summed E-state index contributed by atoms with van der Waals surface area (Å²) in [7, 11) is 0. The first-order chi connectivity index (χ1) is 11.3. The van der Waals surface area contributed by atoms with Crippen LogP contribution in [0.1, 0.15) is 28.0 Å². The van der Waals surface area contributed by atoms with Crippen LogP contribution < -0.4 is 5.32 Å². The van der Waals surface area contributed by atoms with Crippen molar-refractivity contribution in [1.82, 2.24) is 10.1 Å². The van der Waals surface area contributed by atoms with E-state index in [9.17, 15) is 4.79 Å². The molecular formula is C18H15N3O2. The van der Waals surface area contributed by atoms with Crippen LogP contribution in [0.3, 0.4) is 0 Å². The molecule has 0 fully saturated rings. The van der Waals surface area contributed by atoms with Gasteiger partial charge in [-0.2, -0.15) is 0 Å². The van der Waals surface area contributed by atoms with Crippen LogP contribution in [0.2, 0.25) is 0 Å². The first-order valence-corrected chi connectivity index (χ1v) is 7.60. The topological polar surface area (TPSA) is 68.0 Å². The van der Waals surface area contributed by atoms with E-state index in [1.165, 1.54) is 17.5 Å². The van der Waals surface area contributed by atoms with Crippen molar-refractivity contribution in [2.45, 2.75) is 19.3 Å². The summed E-state index contributed by atoms with van der Waals surface area (Å²) in [4.78, 5) is 16.3. The summed E-state index contributed by atoms with van der Waals surface area (Å²) in [6.45, 7) is 0. The summed E-state index contributed by atoms with van der Waals surface area (Å²) in [5, 5.41) is 6.72. The molecule has 1 aromatic carbocycles. The molecule has 1 amide bonds. The predicted octanol–water partition coefficient (Wildman–Crippen LogP) is 3.48. The lowest BCUT2D eigenvalue weighted by Gasteiger charge is -2.05. The lowest BCUT2D eigenvalue weighted by Crippen LogP contribution is -2.12. The number of anilines is 1. The van der Waals surface area contributed by atoms with Gasteiger partial charge in [-0.1, -0.05) is 11.2 Å². The Kier molecular flexibility index (Phi) is 3.38. The van der Waals surface area contributed by atoms with Crippen LogP contribution in [-0.2, 0) is 12.8 Å². The highest BCUT2D eigenvalue weighted by atomic mass is 16.5. The number of carbonyl (C=O) groups excluding carboxylic acids is 1. The molecule has 0 aliphatic heterocycles. The number of aryl methyl sites for hydroxylation is 2. The molecule has 1 N–H and O–H groups in total. The molecule has 4 rings (SSSR count). The molecule has 0 unspecified atom stereocenters. The highest BCUT2D eigenvalue weighted by Crippen LogP contribution is 2.25. The van der Waals surface area contributed by atoms with Gasteiger partial charge in [0.05, 0.1) is 0 Å². The summed E-state index contributed by atoms with van der Waals surface area (Å²) in [5.74, 6) is 0.249. The predicted molar refractivity (Wildman–Crippen MR) is 86.2 cm³/mol. The molecule has 5 heteroatoms. The summed E-state index contributed by atoms with van der Waals surface area (Å²) in [6.07, 6.45) is 6.74. The molecule has 1 aliphatic rings. The molecule has 2 heterocycles. The second kappa shape index (κ2) is 5.68. The van der Waals surface area contributed by atoms with E-state index in [0.717, 1.165) is 24.1 Å². The minimum atomic E-state index is -0.276. The molecule has 3 aromatic rings. The fraction of sp³-hybridized carbons (Fsp3) is 0.167. The van der Waals surface area contributed by atoms with Gasteiger partial charge in [0.15, 0.2) is 11.5 Å². The summed E-state index contributed by atoms with van der Waals surface area (Å²) < 4.78 is 5.23. The van der Waals surface area contributed by atoms with E-state index in [-0.39, 0.29) is 11.6 Å². The van der Waals surface area contributed by atoms with E-state index in [4.69, 9.17) is 4.52 Å². The average Bonchev–Trinajstić information content (AvgIpc) is 3.24. The second-order valence-corrected chi connectivity index (χ2v) is 5.61. The number of hydrogen-bond acceptors (Lipinski definition) is 4. The van der Waals surface area contributed by atoms with Crippen LogP contribution in [-0.4, -0.2) is 16.0 Å². The summed E-state index contributed by atoms with van der Waals surface area (Å²) in [6, 6.07) is 11.4. The number of nitrogens with one attached hydrogen (secondary N) is 1. The number of hydrogen-bond donors (Lipinski definition) is 1. The van der Waals surface area contributed by atoms with Crippen molar-refractivity contribution < 1.29 is 9.32 Å². The number of fused-ring (bicyclic) bond motifs is 1. The van der Waals surface area contributed by atoms with Crippen molar-refractivity contribution in [2.24, 2.45) is 0 Å². The Morgan fingerprint density at radius 1 is 1.13 bits per heavy atom.